The Bertz CT molecular complexity index is 861. The molecule has 8 heteroatoms. The van der Waals surface area contributed by atoms with Crippen LogP contribution in [-0.2, 0) is 0 Å². The van der Waals surface area contributed by atoms with Gasteiger partial charge in [-0.1, -0.05) is 35.4 Å². The zero-order chi connectivity index (χ0) is 16.2. The fraction of sp³-hybridized carbons (Fsp3) is 0. The van der Waals surface area contributed by atoms with E-state index in [0.717, 1.165) is 0 Å². The van der Waals surface area contributed by atoms with Crippen LogP contribution in [0, 0.1) is 10.1 Å². The van der Waals surface area contributed by atoms with E-state index in [-0.39, 0.29) is 23.2 Å². The summed E-state index contributed by atoms with van der Waals surface area (Å²) in [5.74, 6) is -0.455. The maximum Gasteiger partial charge on any atom is 0.322 e. The van der Waals surface area contributed by atoms with Crippen molar-refractivity contribution in [1.29, 1.82) is 0 Å². The first kappa shape index (κ1) is 14.4. The summed E-state index contributed by atoms with van der Waals surface area (Å²) in [5, 5.41) is 20.9. The number of nitro benzene ring substituents is 1. The number of amides is 1. The third kappa shape index (κ3) is 3.05. The number of carbonyl (C=O) groups excluding carboxylic acids is 1. The Morgan fingerprint density at radius 1 is 1.04 bits per heavy atom. The second-order valence-corrected chi connectivity index (χ2v) is 4.51. The summed E-state index contributed by atoms with van der Waals surface area (Å²) in [4.78, 5) is 22.5. The first-order valence-electron chi connectivity index (χ1n) is 6.59. The van der Waals surface area contributed by atoms with Gasteiger partial charge < -0.3 is 4.42 Å². The Hall–Kier alpha value is -3.55. The molecule has 1 N–H and O–H groups in total. The van der Waals surface area contributed by atoms with E-state index in [1.54, 1.807) is 36.4 Å². The second-order valence-electron chi connectivity index (χ2n) is 4.51. The average Bonchev–Trinajstić information content (AvgIpc) is 3.04. The Kier molecular flexibility index (Phi) is 3.79. The number of benzene rings is 2. The highest BCUT2D eigenvalue weighted by molar-refractivity contribution is 6.03. The quantitative estimate of drug-likeness (QED) is 0.586. The highest BCUT2D eigenvalue weighted by Gasteiger charge is 2.20. The van der Waals surface area contributed by atoms with Gasteiger partial charge in [-0.3, -0.25) is 20.2 Å². The molecule has 0 bridgehead atoms. The van der Waals surface area contributed by atoms with Crippen molar-refractivity contribution in [3.05, 3.63) is 70.3 Å². The lowest BCUT2D eigenvalue weighted by Crippen LogP contribution is -2.11. The molecule has 0 atom stereocenters. The van der Waals surface area contributed by atoms with Crippen LogP contribution >= 0.6 is 0 Å². The smallest absolute Gasteiger partial charge is 0.322 e. The van der Waals surface area contributed by atoms with Crippen molar-refractivity contribution in [2.24, 2.45) is 0 Å². The van der Waals surface area contributed by atoms with E-state index in [1.807, 2.05) is 0 Å². The summed E-state index contributed by atoms with van der Waals surface area (Å²) in [7, 11) is 0. The number of nitrogens with one attached hydrogen (secondary N) is 1. The minimum atomic E-state index is -0.540. The van der Waals surface area contributed by atoms with Gasteiger partial charge in [-0.2, -0.15) is 0 Å². The molecule has 0 aliphatic carbocycles. The molecule has 3 aromatic rings. The van der Waals surface area contributed by atoms with E-state index in [0.29, 0.717) is 5.56 Å². The highest BCUT2D eigenvalue weighted by atomic mass is 16.6. The lowest BCUT2D eigenvalue weighted by Gasteiger charge is -1.99. The van der Waals surface area contributed by atoms with Gasteiger partial charge in [0.1, 0.15) is 5.56 Å². The van der Waals surface area contributed by atoms with Gasteiger partial charge in [-0.25, -0.2) is 0 Å². The SMILES string of the molecule is O=C(Nc1nnc(-c2ccccc2[N+](=O)[O-])o1)c1ccccc1. The van der Waals surface area contributed by atoms with Crippen LogP contribution < -0.4 is 5.32 Å². The highest BCUT2D eigenvalue weighted by Crippen LogP contribution is 2.29. The summed E-state index contributed by atoms with van der Waals surface area (Å²) >= 11 is 0. The van der Waals surface area contributed by atoms with E-state index in [2.05, 4.69) is 15.5 Å². The van der Waals surface area contributed by atoms with Crippen LogP contribution in [-0.4, -0.2) is 21.0 Å². The summed E-state index contributed by atoms with van der Waals surface area (Å²) in [5.41, 5.74) is 0.459. The van der Waals surface area contributed by atoms with Gasteiger partial charge in [0.2, 0.25) is 0 Å². The largest absolute Gasteiger partial charge is 0.403 e. The van der Waals surface area contributed by atoms with Crippen molar-refractivity contribution in [1.82, 2.24) is 10.2 Å². The van der Waals surface area contributed by atoms with Gasteiger partial charge in [0.15, 0.2) is 0 Å². The van der Waals surface area contributed by atoms with Crippen molar-refractivity contribution < 1.29 is 14.1 Å². The molecule has 0 unspecified atom stereocenters. The molecule has 0 radical (unpaired) electrons. The second kappa shape index (κ2) is 6.06. The number of carbonyl (C=O) groups is 1. The van der Waals surface area contributed by atoms with E-state index < -0.39 is 10.8 Å². The number of rotatable bonds is 4. The number of hydrogen-bond donors (Lipinski definition) is 1. The van der Waals surface area contributed by atoms with E-state index in [4.69, 9.17) is 4.42 Å². The summed E-state index contributed by atoms with van der Waals surface area (Å²) in [6, 6.07) is 14.4. The molecule has 8 nitrogen and oxygen atoms in total. The summed E-state index contributed by atoms with van der Waals surface area (Å²) in [6.45, 7) is 0. The average molecular weight is 310 g/mol. The first-order valence-corrected chi connectivity index (χ1v) is 6.59. The van der Waals surface area contributed by atoms with Crippen LogP contribution in [0.25, 0.3) is 11.5 Å². The number of nitrogens with zero attached hydrogens (tertiary/aromatic N) is 3. The minimum absolute atomic E-state index is 0.0411. The fourth-order valence-electron chi connectivity index (χ4n) is 1.96. The minimum Gasteiger partial charge on any atom is -0.403 e. The maximum atomic E-state index is 12.0. The van der Waals surface area contributed by atoms with Crippen LogP contribution in [0.15, 0.2) is 59.0 Å². The Morgan fingerprint density at radius 3 is 2.48 bits per heavy atom. The van der Waals surface area contributed by atoms with Crippen LogP contribution in [0.5, 0.6) is 0 Å². The summed E-state index contributed by atoms with van der Waals surface area (Å²) in [6.07, 6.45) is 0. The monoisotopic (exact) mass is 310 g/mol. The van der Waals surface area contributed by atoms with E-state index >= 15 is 0 Å². The lowest BCUT2D eigenvalue weighted by molar-refractivity contribution is -0.384. The number of aromatic nitrogens is 2. The van der Waals surface area contributed by atoms with Gasteiger partial charge in [-0.05, 0) is 18.2 Å². The molecule has 1 heterocycles. The fourth-order valence-corrected chi connectivity index (χ4v) is 1.96. The van der Waals surface area contributed by atoms with Crippen LogP contribution in [0.2, 0.25) is 0 Å². The van der Waals surface area contributed by atoms with Gasteiger partial charge >= 0.3 is 6.01 Å². The Labute approximate surface area is 129 Å². The molecule has 0 spiro atoms. The molecule has 0 fully saturated rings. The van der Waals surface area contributed by atoms with Gasteiger partial charge in [0.05, 0.1) is 4.92 Å². The molecule has 1 amide bonds. The number of para-hydroxylation sites is 1. The topological polar surface area (TPSA) is 111 Å². The predicted molar refractivity (Wildman–Crippen MR) is 80.8 cm³/mol. The zero-order valence-corrected chi connectivity index (χ0v) is 11.7. The van der Waals surface area contributed by atoms with Gasteiger partial charge in [-0.15, -0.1) is 5.10 Å². The van der Waals surface area contributed by atoms with Crippen LogP contribution in [0.3, 0.4) is 0 Å². The van der Waals surface area contributed by atoms with E-state index in [9.17, 15) is 14.9 Å². The van der Waals surface area contributed by atoms with Gasteiger partial charge in [0, 0.05) is 11.6 Å². The molecule has 0 saturated carbocycles. The molecule has 0 aliphatic rings. The molecule has 1 aromatic heterocycles. The Balaban J connectivity index is 1.84. The third-order valence-electron chi connectivity index (χ3n) is 3.01. The molecule has 2 aromatic carbocycles. The van der Waals surface area contributed by atoms with Crippen LogP contribution in [0.4, 0.5) is 11.7 Å². The third-order valence-corrected chi connectivity index (χ3v) is 3.01. The van der Waals surface area contributed by atoms with Crippen LogP contribution in [0.1, 0.15) is 10.4 Å². The predicted octanol–water partition coefficient (Wildman–Crippen LogP) is 2.90. The molecule has 114 valence electrons. The Morgan fingerprint density at radius 2 is 1.74 bits per heavy atom. The normalized spacial score (nSPS) is 10.3. The molecular weight excluding hydrogens is 300 g/mol. The molecule has 0 saturated heterocycles. The molecule has 0 aliphatic heterocycles. The molecule has 3 rings (SSSR count). The van der Waals surface area contributed by atoms with Crippen molar-refractivity contribution in [3.63, 3.8) is 0 Å². The zero-order valence-electron chi connectivity index (χ0n) is 11.7. The number of anilines is 1. The molecule has 23 heavy (non-hydrogen) atoms. The standard InChI is InChI=1S/C15H10N4O4/c20-13(10-6-2-1-3-7-10)16-15-18-17-14(23-15)11-8-4-5-9-12(11)19(21)22/h1-9H,(H,16,18,20). The van der Waals surface area contributed by atoms with Gasteiger partial charge in [0.25, 0.3) is 17.5 Å². The van der Waals surface area contributed by atoms with Crippen molar-refractivity contribution in [3.8, 4) is 11.5 Å². The summed E-state index contributed by atoms with van der Waals surface area (Å²) < 4.78 is 5.29. The first-order chi connectivity index (χ1) is 11.1. The van der Waals surface area contributed by atoms with Crippen molar-refractivity contribution in [2.45, 2.75) is 0 Å². The van der Waals surface area contributed by atoms with Crippen molar-refractivity contribution >= 4 is 17.6 Å². The maximum absolute atomic E-state index is 12.0. The number of hydrogen-bond acceptors (Lipinski definition) is 6. The number of nitro groups is 1. The lowest BCUT2D eigenvalue weighted by atomic mass is 10.2. The molecular formula is C15H10N4O4. The van der Waals surface area contributed by atoms with Crippen molar-refractivity contribution in [2.75, 3.05) is 5.32 Å². The van der Waals surface area contributed by atoms with E-state index in [1.165, 1.54) is 18.2 Å².